The minimum atomic E-state index is 0.156. The van der Waals surface area contributed by atoms with Crippen LogP contribution in [0.3, 0.4) is 0 Å². The highest BCUT2D eigenvalue weighted by atomic mass is 79.9. The molecule has 21 heavy (non-hydrogen) atoms. The van der Waals surface area contributed by atoms with Gasteiger partial charge in [-0.15, -0.1) is 11.3 Å². The number of hydrogen-bond acceptors (Lipinski definition) is 3. The van der Waals surface area contributed by atoms with Crippen LogP contribution in [0.25, 0.3) is 0 Å². The van der Waals surface area contributed by atoms with Crippen molar-refractivity contribution in [2.75, 3.05) is 18.4 Å². The fourth-order valence-electron chi connectivity index (χ4n) is 2.45. The molecule has 0 aliphatic carbocycles. The van der Waals surface area contributed by atoms with Gasteiger partial charge in [-0.3, -0.25) is 4.79 Å². The fourth-order valence-corrected chi connectivity index (χ4v) is 3.72. The number of rotatable bonds is 3. The lowest BCUT2D eigenvalue weighted by molar-refractivity contribution is -0.130. The molecule has 0 bridgehead atoms. The summed E-state index contributed by atoms with van der Waals surface area (Å²) in [5, 5.41) is 5.32. The van der Waals surface area contributed by atoms with E-state index in [1.54, 1.807) is 11.3 Å². The smallest absolute Gasteiger partial charge is 0.242 e. The van der Waals surface area contributed by atoms with E-state index in [4.69, 9.17) is 0 Å². The summed E-state index contributed by atoms with van der Waals surface area (Å²) in [6.45, 7) is 3.96. The average molecular weight is 365 g/mol. The Kier molecular flexibility index (Phi) is 4.31. The van der Waals surface area contributed by atoms with Gasteiger partial charge in [0.15, 0.2) is 0 Å². The third kappa shape index (κ3) is 3.30. The Morgan fingerprint density at radius 1 is 1.43 bits per heavy atom. The minimum absolute atomic E-state index is 0.156. The summed E-state index contributed by atoms with van der Waals surface area (Å²) in [4.78, 5) is 15.7. The van der Waals surface area contributed by atoms with Crippen LogP contribution in [0.2, 0.25) is 0 Å². The molecule has 0 fully saturated rings. The first kappa shape index (κ1) is 14.6. The van der Waals surface area contributed by atoms with Crippen molar-refractivity contribution in [2.45, 2.75) is 19.9 Å². The van der Waals surface area contributed by atoms with Gasteiger partial charge in [-0.1, -0.05) is 22.0 Å². The van der Waals surface area contributed by atoms with Crippen LogP contribution in [0, 0.1) is 6.92 Å². The van der Waals surface area contributed by atoms with E-state index in [1.807, 2.05) is 30.0 Å². The van der Waals surface area contributed by atoms with Gasteiger partial charge in [-0.2, -0.15) is 0 Å². The second kappa shape index (κ2) is 6.20. The SMILES string of the molecule is Cc1ccc(NCC(=O)N2CCc3sccc3C2)cc1Br. The van der Waals surface area contributed by atoms with Crippen LogP contribution in [-0.4, -0.2) is 23.9 Å². The number of benzene rings is 1. The number of aryl methyl sites for hydroxylation is 1. The minimum Gasteiger partial charge on any atom is -0.376 e. The Balaban J connectivity index is 1.58. The van der Waals surface area contributed by atoms with E-state index in [1.165, 1.54) is 16.0 Å². The number of nitrogens with zero attached hydrogens (tertiary/aromatic N) is 1. The molecule has 2 aromatic rings. The van der Waals surface area contributed by atoms with Crippen LogP contribution < -0.4 is 5.32 Å². The van der Waals surface area contributed by atoms with Gasteiger partial charge >= 0.3 is 0 Å². The quantitative estimate of drug-likeness (QED) is 0.897. The van der Waals surface area contributed by atoms with Crippen molar-refractivity contribution >= 4 is 38.9 Å². The van der Waals surface area contributed by atoms with Crippen LogP contribution in [0.4, 0.5) is 5.69 Å². The maximum Gasteiger partial charge on any atom is 0.242 e. The highest BCUT2D eigenvalue weighted by Crippen LogP contribution is 2.24. The van der Waals surface area contributed by atoms with Gasteiger partial charge in [-0.25, -0.2) is 0 Å². The summed E-state index contributed by atoms with van der Waals surface area (Å²) >= 11 is 5.30. The Bertz CT molecular complexity index is 668. The Hall–Kier alpha value is -1.33. The van der Waals surface area contributed by atoms with E-state index in [-0.39, 0.29) is 5.91 Å². The maximum atomic E-state index is 12.3. The lowest BCUT2D eigenvalue weighted by Crippen LogP contribution is -2.38. The lowest BCUT2D eigenvalue weighted by Gasteiger charge is -2.27. The third-order valence-electron chi connectivity index (χ3n) is 3.78. The average Bonchev–Trinajstić information content (AvgIpc) is 2.95. The van der Waals surface area contributed by atoms with Gasteiger partial charge in [0.05, 0.1) is 6.54 Å². The molecule has 0 saturated heterocycles. The molecule has 0 saturated carbocycles. The highest BCUT2D eigenvalue weighted by Gasteiger charge is 2.20. The molecule has 1 N–H and O–H groups in total. The molecule has 0 unspecified atom stereocenters. The van der Waals surface area contributed by atoms with Gasteiger partial charge in [0.25, 0.3) is 0 Å². The number of amides is 1. The van der Waals surface area contributed by atoms with Gasteiger partial charge < -0.3 is 10.2 Å². The first-order valence-electron chi connectivity index (χ1n) is 6.96. The van der Waals surface area contributed by atoms with Crippen molar-refractivity contribution in [1.82, 2.24) is 4.90 Å². The molecular formula is C16H17BrN2OS. The van der Waals surface area contributed by atoms with Crippen molar-refractivity contribution in [3.63, 3.8) is 0 Å². The van der Waals surface area contributed by atoms with E-state index in [0.29, 0.717) is 6.54 Å². The molecule has 1 aliphatic rings. The second-order valence-corrected chi connectivity index (χ2v) is 7.11. The zero-order valence-electron chi connectivity index (χ0n) is 11.9. The third-order valence-corrected chi connectivity index (χ3v) is 5.65. The number of nitrogens with one attached hydrogen (secondary N) is 1. The molecule has 3 rings (SSSR count). The molecule has 0 atom stereocenters. The predicted molar refractivity (Wildman–Crippen MR) is 90.8 cm³/mol. The van der Waals surface area contributed by atoms with Crippen LogP contribution in [0.1, 0.15) is 16.0 Å². The number of halogens is 1. The van der Waals surface area contributed by atoms with Crippen LogP contribution >= 0.6 is 27.3 Å². The maximum absolute atomic E-state index is 12.3. The zero-order chi connectivity index (χ0) is 14.8. The molecular weight excluding hydrogens is 348 g/mol. The summed E-state index contributed by atoms with van der Waals surface area (Å²) in [6, 6.07) is 8.18. The number of anilines is 1. The molecule has 110 valence electrons. The van der Waals surface area contributed by atoms with E-state index in [2.05, 4.69) is 32.7 Å². The zero-order valence-corrected chi connectivity index (χ0v) is 14.3. The van der Waals surface area contributed by atoms with Gasteiger partial charge in [0.1, 0.15) is 0 Å². The molecule has 1 aromatic heterocycles. The predicted octanol–water partition coefficient (Wildman–Crippen LogP) is 3.82. The monoisotopic (exact) mass is 364 g/mol. The van der Waals surface area contributed by atoms with Crippen molar-refractivity contribution < 1.29 is 4.79 Å². The number of carbonyl (C=O) groups excluding carboxylic acids is 1. The summed E-state index contributed by atoms with van der Waals surface area (Å²) in [6.07, 6.45) is 0.981. The molecule has 3 nitrogen and oxygen atoms in total. The van der Waals surface area contributed by atoms with Gasteiger partial charge in [-0.05, 0) is 48.1 Å². The Morgan fingerprint density at radius 3 is 3.10 bits per heavy atom. The molecule has 5 heteroatoms. The Morgan fingerprint density at radius 2 is 2.29 bits per heavy atom. The fraction of sp³-hybridized carbons (Fsp3) is 0.312. The van der Waals surface area contributed by atoms with Crippen LogP contribution in [0.15, 0.2) is 34.1 Å². The second-order valence-electron chi connectivity index (χ2n) is 5.25. The summed E-state index contributed by atoms with van der Waals surface area (Å²) in [5.41, 5.74) is 3.46. The number of fused-ring (bicyclic) bond motifs is 1. The van der Waals surface area contributed by atoms with Crippen LogP contribution in [0.5, 0.6) is 0 Å². The molecule has 2 heterocycles. The topological polar surface area (TPSA) is 32.3 Å². The largest absolute Gasteiger partial charge is 0.376 e. The van der Waals surface area contributed by atoms with E-state index < -0.39 is 0 Å². The molecule has 1 amide bonds. The standard InChI is InChI=1S/C16H17BrN2OS/c1-11-2-3-13(8-14(11)17)18-9-16(20)19-6-4-15-12(10-19)5-7-21-15/h2-3,5,7-8,18H,4,6,9-10H2,1H3. The lowest BCUT2D eigenvalue weighted by atomic mass is 10.1. The summed E-state index contributed by atoms with van der Waals surface area (Å²) in [5.74, 6) is 0.156. The van der Waals surface area contributed by atoms with E-state index in [9.17, 15) is 4.79 Å². The van der Waals surface area contributed by atoms with Crippen molar-refractivity contribution in [2.24, 2.45) is 0 Å². The van der Waals surface area contributed by atoms with Crippen molar-refractivity contribution in [3.05, 3.63) is 50.1 Å². The van der Waals surface area contributed by atoms with Crippen molar-refractivity contribution in [1.29, 1.82) is 0 Å². The molecule has 1 aromatic carbocycles. The normalized spacial score (nSPS) is 13.9. The van der Waals surface area contributed by atoms with E-state index >= 15 is 0 Å². The first-order chi connectivity index (χ1) is 10.1. The summed E-state index contributed by atoms with van der Waals surface area (Å²) in [7, 11) is 0. The first-order valence-corrected chi connectivity index (χ1v) is 8.64. The highest BCUT2D eigenvalue weighted by molar-refractivity contribution is 9.10. The number of carbonyl (C=O) groups is 1. The molecule has 1 aliphatic heterocycles. The van der Waals surface area contributed by atoms with Crippen LogP contribution in [-0.2, 0) is 17.8 Å². The van der Waals surface area contributed by atoms with Crippen molar-refractivity contribution in [3.8, 4) is 0 Å². The Labute approximate surface area is 137 Å². The summed E-state index contributed by atoms with van der Waals surface area (Å²) < 4.78 is 1.06. The molecule has 0 radical (unpaired) electrons. The number of hydrogen-bond donors (Lipinski definition) is 1. The van der Waals surface area contributed by atoms with E-state index in [0.717, 1.165) is 29.7 Å². The van der Waals surface area contributed by atoms with Gasteiger partial charge in [0.2, 0.25) is 5.91 Å². The number of thiophene rings is 1. The van der Waals surface area contributed by atoms with Gasteiger partial charge in [0, 0.05) is 28.1 Å². The molecule has 0 spiro atoms.